The van der Waals surface area contributed by atoms with Gasteiger partial charge in [-0.15, -0.1) is 0 Å². The third kappa shape index (κ3) is 2.70. The number of hydrogen-bond donors (Lipinski definition) is 0. The lowest BCUT2D eigenvalue weighted by molar-refractivity contribution is 0.0592. The van der Waals surface area contributed by atoms with E-state index < -0.39 is 5.97 Å². The summed E-state index contributed by atoms with van der Waals surface area (Å²) in [5, 5.41) is 0. The van der Waals surface area contributed by atoms with Gasteiger partial charge in [0.25, 0.3) is 0 Å². The lowest BCUT2D eigenvalue weighted by Gasteiger charge is -2.18. The Bertz CT molecular complexity index is 664. The van der Waals surface area contributed by atoms with Crippen LogP contribution in [0.1, 0.15) is 10.4 Å². The van der Waals surface area contributed by atoms with Gasteiger partial charge in [-0.25, -0.2) is 4.79 Å². The number of carbonyl (C=O) groups is 1. The van der Waals surface area contributed by atoms with Crippen molar-refractivity contribution in [1.29, 1.82) is 0 Å². The van der Waals surface area contributed by atoms with Crippen molar-refractivity contribution in [1.82, 2.24) is 0 Å². The Morgan fingerprint density at radius 2 is 1.50 bits per heavy atom. The van der Waals surface area contributed by atoms with Crippen molar-refractivity contribution in [2.75, 3.05) is 28.4 Å². The van der Waals surface area contributed by atoms with Gasteiger partial charge in [0.15, 0.2) is 11.5 Å². The first-order valence-corrected chi connectivity index (χ1v) is 6.64. The van der Waals surface area contributed by atoms with Crippen LogP contribution in [0, 0.1) is 0 Å². The van der Waals surface area contributed by atoms with E-state index in [0.717, 1.165) is 11.1 Å². The van der Waals surface area contributed by atoms with Gasteiger partial charge >= 0.3 is 5.97 Å². The van der Waals surface area contributed by atoms with Crippen LogP contribution in [0.2, 0.25) is 0 Å². The maximum Gasteiger partial charge on any atom is 0.345 e. The van der Waals surface area contributed by atoms with E-state index in [1.807, 2.05) is 30.3 Å². The average Bonchev–Trinajstić information content (AvgIpc) is 2.59. The second-order valence-corrected chi connectivity index (χ2v) is 4.43. The summed E-state index contributed by atoms with van der Waals surface area (Å²) in [7, 11) is 5.79. The number of ether oxygens (including phenoxy) is 4. The summed E-state index contributed by atoms with van der Waals surface area (Å²) in [6, 6.07) is 11.3. The van der Waals surface area contributed by atoms with Crippen molar-refractivity contribution < 1.29 is 23.7 Å². The third-order valence-electron chi connectivity index (χ3n) is 3.30. The van der Waals surface area contributed by atoms with Crippen LogP contribution in [-0.4, -0.2) is 34.4 Å². The summed E-state index contributed by atoms with van der Waals surface area (Å²) in [5.41, 5.74) is 1.82. The molecule has 5 nitrogen and oxygen atoms in total. The van der Waals surface area contributed by atoms with E-state index in [1.165, 1.54) is 28.4 Å². The Morgan fingerprint density at radius 3 is 2.00 bits per heavy atom. The van der Waals surface area contributed by atoms with E-state index in [0.29, 0.717) is 11.5 Å². The Balaban J connectivity index is 2.82. The van der Waals surface area contributed by atoms with E-state index in [9.17, 15) is 4.79 Å². The molecule has 2 aromatic carbocycles. The summed E-state index contributed by atoms with van der Waals surface area (Å²) in [6.45, 7) is 0. The van der Waals surface area contributed by atoms with E-state index in [-0.39, 0.29) is 11.3 Å². The van der Waals surface area contributed by atoms with Gasteiger partial charge in [-0.05, 0) is 11.6 Å². The maximum atomic E-state index is 12.2. The molecular weight excluding hydrogens is 284 g/mol. The molecule has 2 aromatic rings. The number of benzene rings is 2. The zero-order chi connectivity index (χ0) is 16.1. The first kappa shape index (κ1) is 15.7. The fraction of sp³-hybridized carbons (Fsp3) is 0.235. The molecule has 0 atom stereocenters. The maximum absolute atomic E-state index is 12.2. The van der Waals surface area contributed by atoms with Crippen LogP contribution in [0.25, 0.3) is 11.1 Å². The first-order chi connectivity index (χ1) is 10.7. The molecule has 0 N–H and O–H groups in total. The van der Waals surface area contributed by atoms with Gasteiger partial charge < -0.3 is 18.9 Å². The van der Waals surface area contributed by atoms with Crippen LogP contribution in [0.4, 0.5) is 0 Å². The predicted molar refractivity (Wildman–Crippen MR) is 82.9 cm³/mol. The molecule has 0 saturated heterocycles. The molecule has 0 aromatic heterocycles. The molecule has 0 fully saturated rings. The summed E-state index contributed by atoms with van der Waals surface area (Å²) >= 11 is 0. The van der Waals surface area contributed by atoms with E-state index in [4.69, 9.17) is 18.9 Å². The molecule has 0 aliphatic heterocycles. The molecule has 0 amide bonds. The van der Waals surface area contributed by atoms with Gasteiger partial charge in [0.05, 0.1) is 28.4 Å². The lowest BCUT2D eigenvalue weighted by Crippen LogP contribution is -2.09. The molecule has 22 heavy (non-hydrogen) atoms. The van der Waals surface area contributed by atoms with E-state index in [2.05, 4.69) is 0 Å². The van der Waals surface area contributed by atoms with Crippen molar-refractivity contribution in [3.8, 4) is 28.4 Å². The number of rotatable bonds is 5. The summed E-state index contributed by atoms with van der Waals surface area (Å²) in [5.74, 6) is 0.550. The van der Waals surface area contributed by atoms with Crippen LogP contribution in [0.15, 0.2) is 36.4 Å². The Kier molecular flexibility index (Phi) is 4.88. The fourth-order valence-electron chi connectivity index (χ4n) is 2.31. The zero-order valence-electron chi connectivity index (χ0n) is 13.0. The van der Waals surface area contributed by atoms with Crippen LogP contribution in [0.5, 0.6) is 17.2 Å². The highest BCUT2D eigenvalue weighted by Crippen LogP contribution is 2.44. The molecule has 0 radical (unpaired) electrons. The minimum atomic E-state index is -0.551. The Morgan fingerprint density at radius 1 is 0.864 bits per heavy atom. The summed E-state index contributed by atoms with van der Waals surface area (Å²) in [4.78, 5) is 12.2. The molecule has 0 unspecified atom stereocenters. The third-order valence-corrected chi connectivity index (χ3v) is 3.30. The van der Waals surface area contributed by atoms with E-state index in [1.54, 1.807) is 6.07 Å². The Labute approximate surface area is 129 Å². The molecule has 0 saturated carbocycles. The van der Waals surface area contributed by atoms with Gasteiger partial charge in [-0.1, -0.05) is 30.3 Å². The molecule has 5 heteroatoms. The summed E-state index contributed by atoms with van der Waals surface area (Å²) < 4.78 is 21.0. The molecular formula is C17H18O5. The highest BCUT2D eigenvalue weighted by atomic mass is 16.5. The molecule has 116 valence electrons. The van der Waals surface area contributed by atoms with Gasteiger partial charge in [0.1, 0.15) is 11.3 Å². The quantitative estimate of drug-likeness (QED) is 0.794. The van der Waals surface area contributed by atoms with Crippen molar-refractivity contribution in [3.63, 3.8) is 0 Å². The number of esters is 1. The van der Waals surface area contributed by atoms with Crippen molar-refractivity contribution >= 4 is 5.97 Å². The minimum absolute atomic E-state index is 0.200. The van der Waals surface area contributed by atoms with Gasteiger partial charge in [-0.2, -0.15) is 0 Å². The molecule has 0 aliphatic rings. The lowest BCUT2D eigenvalue weighted by atomic mass is 9.99. The monoisotopic (exact) mass is 302 g/mol. The predicted octanol–water partition coefficient (Wildman–Crippen LogP) is 3.17. The molecule has 0 heterocycles. The standard InChI is InChI=1S/C17H18O5/c1-19-13-10-12(11-8-6-5-7-9-11)15(20-2)14(16(13)21-3)17(18)22-4/h5-10H,1-4H3. The summed E-state index contributed by atoms with van der Waals surface area (Å²) in [6.07, 6.45) is 0. The fourth-order valence-corrected chi connectivity index (χ4v) is 2.31. The van der Waals surface area contributed by atoms with Crippen LogP contribution in [0.3, 0.4) is 0 Å². The molecule has 0 bridgehead atoms. The molecule has 2 rings (SSSR count). The SMILES string of the molecule is COC(=O)c1c(OC)c(OC)cc(-c2ccccc2)c1OC. The van der Waals surface area contributed by atoms with Crippen LogP contribution in [-0.2, 0) is 4.74 Å². The average molecular weight is 302 g/mol. The van der Waals surface area contributed by atoms with Gasteiger partial charge in [-0.3, -0.25) is 0 Å². The zero-order valence-corrected chi connectivity index (χ0v) is 13.0. The minimum Gasteiger partial charge on any atom is -0.495 e. The van der Waals surface area contributed by atoms with Crippen LogP contribution < -0.4 is 14.2 Å². The van der Waals surface area contributed by atoms with Crippen LogP contribution >= 0.6 is 0 Å². The first-order valence-electron chi connectivity index (χ1n) is 6.64. The topological polar surface area (TPSA) is 54.0 Å². The number of carbonyl (C=O) groups excluding carboxylic acids is 1. The second-order valence-electron chi connectivity index (χ2n) is 4.43. The van der Waals surface area contributed by atoms with Crippen molar-refractivity contribution in [2.24, 2.45) is 0 Å². The Hall–Kier alpha value is -2.69. The van der Waals surface area contributed by atoms with Gasteiger partial charge in [0, 0.05) is 5.56 Å². The number of hydrogen-bond acceptors (Lipinski definition) is 5. The van der Waals surface area contributed by atoms with E-state index >= 15 is 0 Å². The molecule has 0 spiro atoms. The van der Waals surface area contributed by atoms with Crippen molar-refractivity contribution in [3.05, 3.63) is 42.0 Å². The highest BCUT2D eigenvalue weighted by Gasteiger charge is 2.27. The normalized spacial score (nSPS) is 10.0. The van der Waals surface area contributed by atoms with Crippen molar-refractivity contribution in [2.45, 2.75) is 0 Å². The largest absolute Gasteiger partial charge is 0.495 e. The smallest absolute Gasteiger partial charge is 0.345 e. The second kappa shape index (κ2) is 6.85. The highest BCUT2D eigenvalue weighted by molar-refractivity contribution is 6.00. The van der Waals surface area contributed by atoms with Gasteiger partial charge in [0.2, 0.25) is 0 Å². The molecule has 0 aliphatic carbocycles. The number of methoxy groups -OCH3 is 4.